The van der Waals surface area contributed by atoms with Crippen molar-refractivity contribution in [3.63, 3.8) is 0 Å². The lowest BCUT2D eigenvalue weighted by molar-refractivity contribution is -0.123. The van der Waals surface area contributed by atoms with Crippen molar-refractivity contribution in [1.82, 2.24) is 20.4 Å². The number of rotatable bonds is 7. The third kappa shape index (κ3) is 5.42. The summed E-state index contributed by atoms with van der Waals surface area (Å²) in [5.41, 5.74) is 3.09. The normalized spacial score (nSPS) is 16.0. The first kappa shape index (κ1) is 20.1. The van der Waals surface area contributed by atoms with Gasteiger partial charge in [-0.3, -0.25) is 14.5 Å². The van der Waals surface area contributed by atoms with Crippen molar-refractivity contribution in [2.75, 3.05) is 37.6 Å². The van der Waals surface area contributed by atoms with Crippen LogP contribution in [0.4, 0.5) is 5.69 Å². The van der Waals surface area contributed by atoms with Gasteiger partial charge in [-0.05, 0) is 24.5 Å². The minimum absolute atomic E-state index is 0.00779. The minimum atomic E-state index is -0.198. The lowest BCUT2D eigenvalue weighted by Crippen LogP contribution is -2.49. The molecule has 1 unspecified atom stereocenters. The number of piperazine rings is 1. The van der Waals surface area contributed by atoms with Crippen LogP contribution in [0.5, 0.6) is 0 Å². The maximum atomic E-state index is 12.4. The van der Waals surface area contributed by atoms with Crippen molar-refractivity contribution < 1.29 is 4.79 Å². The number of H-pyrrole nitrogens is 1. The fourth-order valence-corrected chi connectivity index (χ4v) is 3.54. The number of nitrogens with one attached hydrogen (secondary N) is 2. The van der Waals surface area contributed by atoms with E-state index in [0.29, 0.717) is 6.54 Å². The molecule has 2 N–H and O–H groups in total. The van der Waals surface area contributed by atoms with Crippen molar-refractivity contribution in [1.29, 1.82) is 0 Å². The van der Waals surface area contributed by atoms with E-state index in [9.17, 15) is 9.59 Å². The number of hydrogen-bond acceptors (Lipinski definition) is 5. The van der Waals surface area contributed by atoms with Crippen molar-refractivity contribution in [3.8, 4) is 0 Å². The minimum Gasteiger partial charge on any atom is -0.368 e. The monoisotopic (exact) mass is 383 g/mol. The summed E-state index contributed by atoms with van der Waals surface area (Å²) in [5.74, 6) is 0.0383. The molecular formula is C21H29N5O2. The van der Waals surface area contributed by atoms with Crippen LogP contribution in [0.15, 0.2) is 41.3 Å². The second-order valence-electron chi connectivity index (χ2n) is 7.35. The molecule has 7 nitrogen and oxygen atoms in total. The third-order valence-corrected chi connectivity index (χ3v) is 5.15. The summed E-state index contributed by atoms with van der Waals surface area (Å²) in [6.07, 6.45) is 3.88. The molecule has 1 atom stereocenters. The Morgan fingerprint density at radius 2 is 1.93 bits per heavy atom. The van der Waals surface area contributed by atoms with E-state index in [0.717, 1.165) is 50.3 Å². The highest BCUT2D eigenvalue weighted by molar-refractivity contribution is 5.78. The van der Waals surface area contributed by atoms with Crippen molar-refractivity contribution >= 4 is 11.6 Å². The highest BCUT2D eigenvalue weighted by atomic mass is 16.2. The van der Waals surface area contributed by atoms with Gasteiger partial charge in [0, 0.05) is 32.2 Å². The highest BCUT2D eigenvalue weighted by Crippen LogP contribution is 2.15. The number of aryl methyl sites for hydroxylation is 1. The Morgan fingerprint density at radius 3 is 2.57 bits per heavy atom. The van der Waals surface area contributed by atoms with Crippen LogP contribution in [0.1, 0.15) is 37.4 Å². The molecule has 7 heteroatoms. The van der Waals surface area contributed by atoms with Crippen molar-refractivity contribution in [2.24, 2.45) is 0 Å². The zero-order chi connectivity index (χ0) is 19.9. The second kappa shape index (κ2) is 9.50. The molecule has 1 saturated heterocycles. The number of carbonyl (C=O) groups excluding carboxylic acids is 1. The molecule has 1 aliphatic heterocycles. The molecule has 0 saturated carbocycles. The molecule has 0 spiro atoms. The summed E-state index contributed by atoms with van der Waals surface area (Å²) < 4.78 is 0. The number of benzene rings is 1. The van der Waals surface area contributed by atoms with Crippen LogP contribution in [0.3, 0.4) is 0 Å². The summed E-state index contributed by atoms with van der Waals surface area (Å²) in [7, 11) is 0. The lowest BCUT2D eigenvalue weighted by Gasteiger charge is -2.35. The first-order valence-electron chi connectivity index (χ1n) is 9.95. The summed E-state index contributed by atoms with van der Waals surface area (Å²) >= 11 is 0. The predicted octanol–water partition coefficient (Wildman–Crippen LogP) is 1.72. The van der Waals surface area contributed by atoms with Crippen LogP contribution >= 0.6 is 0 Å². The van der Waals surface area contributed by atoms with Crippen molar-refractivity contribution in [2.45, 2.75) is 32.7 Å². The van der Waals surface area contributed by atoms with E-state index in [2.05, 4.69) is 56.5 Å². The SMILES string of the molecule is CCCc1ccc(C(C)NC(=O)CN2CCN(c3cn[nH]c(=O)c3)CC2)cc1. The number of amides is 1. The summed E-state index contributed by atoms with van der Waals surface area (Å²) in [6, 6.07) is 10.0. The van der Waals surface area contributed by atoms with Gasteiger partial charge in [0.1, 0.15) is 0 Å². The quantitative estimate of drug-likeness (QED) is 0.761. The predicted molar refractivity (Wildman–Crippen MR) is 111 cm³/mol. The molecule has 1 fully saturated rings. The Morgan fingerprint density at radius 1 is 1.21 bits per heavy atom. The van der Waals surface area contributed by atoms with Crippen LogP contribution in [0.2, 0.25) is 0 Å². The number of nitrogens with zero attached hydrogens (tertiary/aromatic N) is 3. The summed E-state index contributed by atoms with van der Waals surface area (Å²) in [4.78, 5) is 28.1. The maximum Gasteiger partial charge on any atom is 0.266 e. The molecule has 1 aliphatic rings. The van der Waals surface area contributed by atoms with E-state index in [1.165, 1.54) is 5.56 Å². The maximum absolute atomic E-state index is 12.4. The van der Waals surface area contributed by atoms with Gasteiger partial charge in [-0.25, -0.2) is 5.10 Å². The van der Waals surface area contributed by atoms with E-state index in [-0.39, 0.29) is 17.5 Å². The Balaban J connectivity index is 1.45. The molecular weight excluding hydrogens is 354 g/mol. The van der Waals surface area contributed by atoms with Gasteiger partial charge in [-0.15, -0.1) is 0 Å². The van der Waals surface area contributed by atoms with Crippen molar-refractivity contribution in [3.05, 3.63) is 58.0 Å². The average Bonchev–Trinajstić information content (AvgIpc) is 2.69. The first-order valence-corrected chi connectivity index (χ1v) is 9.95. The van der Waals surface area contributed by atoms with Gasteiger partial charge in [0.2, 0.25) is 5.91 Å². The smallest absolute Gasteiger partial charge is 0.266 e. The summed E-state index contributed by atoms with van der Waals surface area (Å²) in [5, 5.41) is 9.33. The number of hydrogen-bond donors (Lipinski definition) is 2. The molecule has 0 radical (unpaired) electrons. The molecule has 0 aliphatic carbocycles. The molecule has 1 amide bonds. The van der Waals surface area contributed by atoms with Crippen LogP contribution in [-0.2, 0) is 11.2 Å². The fraction of sp³-hybridized carbons (Fsp3) is 0.476. The average molecular weight is 383 g/mol. The van der Waals surface area contributed by atoms with Gasteiger partial charge >= 0.3 is 0 Å². The van der Waals surface area contributed by atoms with E-state index in [1.807, 2.05) is 6.92 Å². The first-order chi connectivity index (χ1) is 13.5. The van der Waals surface area contributed by atoms with E-state index in [4.69, 9.17) is 0 Å². The Labute approximate surface area is 165 Å². The fourth-order valence-electron chi connectivity index (χ4n) is 3.54. The van der Waals surface area contributed by atoms with E-state index < -0.39 is 0 Å². The molecule has 1 aromatic carbocycles. The summed E-state index contributed by atoms with van der Waals surface area (Å²) in [6.45, 7) is 7.68. The Kier molecular flexibility index (Phi) is 6.81. The zero-order valence-corrected chi connectivity index (χ0v) is 16.6. The van der Waals surface area contributed by atoms with Crippen LogP contribution in [0.25, 0.3) is 0 Å². The number of aromatic nitrogens is 2. The van der Waals surface area contributed by atoms with E-state index in [1.54, 1.807) is 12.3 Å². The van der Waals surface area contributed by atoms with Gasteiger partial charge in [0.25, 0.3) is 5.56 Å². The molecule has 28 heavy (non-hydrogen) atoms. The van der Waals surface area contributed by atoms with Gasteiger partial charge in [0.15, 0.2) is 0 Å². The standard InChI is InChI=1S/C21H29N5O2/c1-3-4-17-5-7-18(8-6-17)16(2)23-21(28)15-25-9-11-26(12-10-25)19-13-20(27)24-22-14-19/h5-8,13-14,16H,3-4,9-12,15H2,1-2H3,(H,23,28)(H,24,27). The van der Waals surface area contributed by atoms with E-state index >= 15 is 0 Å². The number of anilines is 1. The van der Waals surface area contributed by atoms with Crippen LogP contribution in [0, 0.1) is 0 Å². The van der Waals surface area contributed by atoms with Gasteiger partial charge in [-0.1, -0.05) is 37.6 Å². The largest absolute Gasteiger partial charge is 0.368 e. The molecule has 1 aromatic heterocycles. The molecule has 0 bridgehead atoms. The zero-order valence-electron chi connectivity index (χ0n) is 16.6. The molecule has 150 valence electrons. The van der Waals surface area contributed by atoms with Crippen LogP contribution in [-0.4, -0.2) is 53.7 Å². The molecule has 2 aromatic rings. The molecule has 3 rings (SSSR count). The topological polar surface area (TPSA) is 81.3 Å². The number of carbonyl (C=O) groups is 1. The van der Waals surface area contributed by atoms with Gasteiger partial charge in [0.05, 0.1) is 24.5 Å². The van der Waals surface area contributed by atoms with Gasteiger partial charge < -0.3 is 10.2 Å². The Hall–Kier alpha value is -2.67. The highest BCUT2D eigenvalue weighted by Gasteiger charge is 2.20. The second-order valence-corrected chi connectivity index (χ2v) is 7.35. The Bertz CT molecular complexity index is 825. The lowest BCUT2D eigenvalue weighted by atomic mass is 10.0. The molecule has 2 heterocycles. The van der Waals surface area contributed by atoms with Crippen LogP contribution < -0.4 is 15.8 Å². The third-order valence-electron chi connectivity index (χ3n) is 5.15. The number of aromatic amines is 1. The van der Waals surface area contributed by atoms with Gasteiger partial charge in [-0.2, -0.15) is 5.10 Å².